The van der Waals surface area contributed by atoms with Gasteiger partial charge in [-0.25, -0.2) is 0 Å². The summed E-state index contributed by atoms with van der Waals surface area (Å²) in [4.78, 5) is 2.20. The molecule has 1 rings (SSSR count). The Morgan fingerprint density at radius 3 is 2.75 bits per heavy atom. The Hall–Kier alpha value is -0.760. The number of furan rings is 1. The Kier molecular flexibility index (Phi) is 3.35. The summed E-state index contributed by atoms with van der Waals surface area (Å²) in [7, 11) is 4.19. The van der Waals surface area contributed by atoms with E-state index in [1.807, 2.05) is 12.1 Å². The largest absolute Gasteiger partial charge is 0.469 e. The summed E-state index contributed by atoms with van der Waals surface area (Å²) in [6.45, 7) is 3.35. The molecule has 2 heteroatoms. The van der Waals surface area contributed by atoms with Gasteiger partial charge in [-0.15, -0.1) is 0 Å². The molecule has 12 heavy (non-hydrogen) atoms. The summed E-state index contributed by atoms with van der Waals surface area (Å²) in [6.07, 6.45) is 2.77. The average molecular weight is 167 g/mol. The molecule has 1 aromatic heterocycles. The van der Waals surface area contributed by atoms with Crippen molar-refractivity contribution in [1.82, 2.24) is 4.90 Å². The van der Waals surface area contributed by atoms with Gasteiger partial charge in [-0.2, -0.15) is 0 Å². The maximum Gasteiger partial charge on any atom is 0.104 e. The van der Waals surface area contributed by atoms with E-state index in [2.05, 4.69) is 25.9 Å². The zero-order valence-corrected chi connectivity index (χ0v) is 8.08. The van der Waals surface area contributed by atoms with Crippen molar-refractivity contribution in [3.05, 3.63) is 24.2 Å². The summed E-state index contributed by atoms with van der Waals surface area (Å²) in [6, 6.07) is 3.98. The van der Waals surface area contributed by atoms with Gasteiger partial charge in [0.1, 0.15) is 5.76 Å². The monoisotopic (exact) mass is 167 g/mol. The molecule has 1 atom stereocenters. The highest BCUT2D eigenvalue weighted by atomic mass is 16.3. The van der Waals surface area contributed by atoms with Crippen molar-refractivity contribution in [2.75, 3.05) is 20.6 Å². The molecule has 68 valence electrons. The normalized spacial score (nSPS) is 13.7. The summed E-state index contributed by atoms with van der Waals surface area (Å²) in [5.74, 6) is 1.75. The summed E-state index contributed by atoms with van der Waals surface area (Å²) in [5, 5.41) is 0. The van der Waals surface area contributed by atoms with Crippen molar-refractivity contribution in [1.29, 1.82) is 0 Å². The van der Waals surface area contributed by atoms with Crippen LogP contribution in [0.25, 0.3) is 0 Å². The van der Waals surface area contributed by atoms with E-state index in [1.54, 1.807) is 6.26 Å². The van der Waals surface area contributed by atoms with Gasteiger partial charge < -0.3 is 9.32 Å². The predicted molar refractivity (Wildman–Crippen MR) is 50.1 cm³/mol. The van der Waals surface area contributed by atoms with Crippen LogP contribution in [0.2, 0.25) is 0 Å². The first-order chi connectivity index (χ1) is 5.68. The third-order valence-corrected chi connectivity index (χ3v) is 1.81. The van der Waals surface area contributed by atoms with E-state index in [-0.39, 0.29) is 0 Å². The number of nitrogens with zero attached hydrogens (tertiary/aromatic N) is 1. The Bertz CT molecular complexity index is 204. The van der Waals surface area contributed by atoms with Crippen LogP contribution in [-0.4, -0.2) is 25.5 Å². The lowest BCUT2D eigenvalue weighted by molar-refractivity contribution is 0.325. The van der Waals surface area contributed by atoms with Gasteiger partial charge in [0.2, 0.25) is 0 Å². The molecular formula is C10H17NO. The molecule has 0 aromatic carbocycles. The molecule has 1 unspecified atom stereocenters. The van der Waals surface area contributed by atoms with Crippen LogP contribution < -0.4 is 0 Å². The van der Waals surface area contributed by atoms with Gasteiger partial charge in [0.25, 0.3) is 0 Å². The van der Waals surface area contributed by atoms with Gasteiger partial charge in [0.05, 0.1) is 6.26 Å². The van der Waals surface area contributed by atoms with Crippen LogP contribution in [0.5, 0.6) is 0 Å². The second-order valence-electron chi connectivity index (χ2n) is 3.65. The summed E-state index contributed by atoms with van der Waals surface area (Å²) >= 11 is 0. The minimum Gasteiger partial charge on any atom is -0.469 e. The van der Waals surface area contributed by atoms with Gasteiger partial charge in [0, 0.05) is 13.0 Å². The molecule has 0 radical (unpaired) electrons. The first-order valence-corrected chi connectivity index (χ1v) is 4.35. The van der Waals surface area contributed by atoms with Crippen molar-refractivity contribution in [2.45, 2.75) is 13.3 Å². The van der Waals surface area contributed by atoms with E-state index >= 15 is 0 Å². The molecule has 1 heterocycles. The van der Waals surface area contributed by atoms with Gasteiger partial charge in [-0.1, -0.05) is 6.92 Å². The zero-order valence-electron chi connectivity index (χ0n) is 8.08. The second kappa shape index (κ2) is 4.31. The first kappa shape index (κ1) is 9.33. The number of rotatable bonds is 4. The van der Waals surface area contributed by atoms with Crippen molar-refractivity contribution < 1.29 is 4.42 Å². The molecule has 0 N–H and O–H groups in total. The molecule has 0 fully saturated rings. The SMILES string of the molecule is CC(Cc1ccco1)CN(C)C. The highest BCUT2D eigenvalue weighted by Crippen LogP contribution is 2.09. The molecule has 0 bridgehead atoms. The fourth-order valence-corrected chi connectivity index (χ4v) is 1.46. The highest BCUT2D eigenvalue weighted by molar-refractivity contribution is 4.98. The Morgan fingerprint density at radius 1 is 1.50 bits per heavy atom. The fourth-order valence-electron chi connectivity index (χ4n) is 1.46. The minimum absolute atomic E-state index is 0.658. The van der Waals surface area contributed by atoms with E-state index in [9.17, 15) is 0 Å². The van der Waals surface area contributed by atoms with Crippen LogP contribution in [0.15, 0.2) is 22.8 Å². The third kappa shape index (κ3) is 3.09. The maximum absolute atomic E-state index is 5.27. The molecular weight excluding hydrogens is 150 g/mol. The predicted octanol–water partition coefficient (Wildman–Crippen LogP) is 2.02. The van der Waals surface area contributed by atoms with Gasteiger partial charge in [-0.05, 0) is 32.1 Å². The van der Waals surface area contributed by atoms with E-state index in [4.69, 9.17) is 4.42 Å². The minimum atomic E-state index is 0.658. The van der Waals surface area contributed by atoms with Gasteiger partial charge in [0.15, 0.2) is 0 Å². The summed E-state index contributed by atoms with van der Waals surface area (Å²) < 4.78 is 5.27. The van der Waals surface area contributed by atoms with Gasteiger partial charge in [-0.3, -0.25) is 0 Å². The topological polar surface area (TPSA) is 16.4 Å². The maximum atomic E-state index is 5.27. The smallest absolute Gasteiger partial charge is 0.104 e. The van der Waals surface area contributed by atoms with Crippen LogP contribution in [-0.2, 0) is 6.42 Å². The molecule has 0 aliphatic rings. The molecule has 1 aromatic rings. The van der Waals surface area contributed by atoms with Crippen molar-refractivity contribution in [3.8, 4) is 0 Å². The molecule has 0 spiro atoms. The van der Waals surface area contributed by atoms with Crippen LogP contribution in [0.1, 0.15) is 12.7 Å². The second-order valence-corrected chi connectivity index (χ2v) is 3.65. The zero-order chi connectivity index (χ0) is 8.97. The highest BCUT2D eigenvalue weighted by Gasteiger charge is 2.05. The fraction of sp³-hybridized carbons (Fsp3) is 0.600. The van der Waals surface area contributed by atoms with E-state index in [1.165, 1.54) is 0 Å². The van der Waals surface area contributed by atoms with E-state index < -0.39 is 0 Å². The van der Waals surface area contributed by atoms with Crippen molar-refractivity contribution >= 4 is 0 Å². The molecule has 0 saturated heterocycles. The Balaban J connectivity index is 2.32. The average Bonchev–Trinajstić information content (AvgIpc) is 2.37. The quantitative estimate of drug-likeness (QED) is 0.682. The Morgan fingerprint density at radius 2 is 2.25 bits per heavy atom. The molecule has 2 nitrogen and oxygen atoms in total. The van der Waals surface area contributed by atoms with Crippen LogP contribution in [0, 0.1) is 5.92 Å². The molecule has 0 aliphatic carbocycles. The third-order valence-electron chi connectivity index (χ3n) is 1.81. The van der Waals surface area contributed by atoms with E-state index in [0.29, 0.717) is 5.92 Å². The Labute approximate surface area is 74.2 Å². The number of hydrogen-bond acceptors (Lipinski definition) is 2. The standard InChI is InChI=1S/C10H17NO/c1-9(8-11(2)3)7-10-5-4-6-12-10/h4-6,9H,7-8H2,1-3H3. The lowest BCUT2D eigenvalue weighted by Gasteiger charge is -2.15. The van der Waals surface area contributed by atoms with Crippen molar-refractivity contribution in [2.24, 2.45) is 5.92 Å². The number of hydrogen-bond donors (Lipinski definition) is 0. The van der Waals surface area contributed by atoms with Crippen molar-refractivity contribution in [3.63, 3.8) is 0 Å². The lowest BCUT2D eigenvalue weighted by atomic mass is 10.1. The summed E-state index contributed by atoms with van der Waals surface area (Å²) in [5.41, 5.74) is 0. The van der Waals surface area contributed by atoms with E-state index in [0.717, 1.165) is 18.7 Å². The lowest BCUT2D eigenvalue weighted by Crippen LogP contribution is -2.20. The van der Waals surface area contributed by atoms with Crippen LogP contribution >= 0.6 is 0 Å². The molecule has 0 aliphatic heterocycles. The van der Waals surface area contributed by atoms with Gasteiger partial charge >= 0.3 is 0 Å². The molecule has 0 saturated carbocycles. The molecule has 0 amide bonds. The van der Waals surface area contributed by atoms with Crippen LogP contribution in [0.4, 0.5) is 0 Å². The van der Waals surface area contributed by atoms with Crippen LogP contribution in [0.3, 0.4) is 0 Å². The first-order valence-electron chi connectivity index (χ1n) is 4.35.